The lowest BCUT2D eigenvalue weighted by molar-refractivity contribution is 0.0606. The maximum absolute atomic E-state index is 13.1. The van der Waals surface area contributed by atoms with Gasteiger partial charge in [-0.05, 0) is 61.2 Å². The maximum atomic E-state index is 13.1. The van der Waals surface area contributed by atoms with Gasteiger partial charge in [0.05, 0.1) is 11.4 Å². The van der Waals surface area contributed by atoms with Crippen LogP contribution in [0.25, 0.3) is 10.8 Å². The molecule has 0 spiro atoms. The second-order valence-corrected chi connectivity index (χ2v) is 8.53. The number of hydrogen-bond donors (Lipinski definition) is 0. The fourth-order valence-corrected chi connectivity index (χ4v) is 4.54. The molecule has 0 aliphatic carbocycles. The van der Waals surface area contributed by atoms with Crippen LogP contribution in [0.1, 0.15) is 44.9 Å². The summed E-state index contributed by atoms with van der Waals surface area (Å²) in [7, 11) is 0. The highest BCUT2D eigenvalue weighted by atomic mass is 16.2. The molecular weight excluding hydrogens is 424 g/mol. The van der Waals surface area contributed by atoms with Gasteiger partial charge in [-0.15, -0.1) is 0 Å². The largest absolute Gasteiger partial charge is 0.292 e. The molecule has 3 heterocycles. The summed E-state index contributed by atoms with van der Waals surface area (Å²) in [5, 5.41) is 1.70. The Morgan fingerprint density at radius 1 is 0.676 bits per heavy atom. The van der Waals surface area contributed by atoms with Gasteiger partial charge < -0.3 is 0 Å². The summed E-state index contributed by atoms with van der Waals surface area (Å²) < 4.78 is 0. The summed E-state index contributed by atoms with van der Waals surface area (Å²) >= 11 is 0. The standard InChI is InChI=1S/C28H26N4O2/c33-27-24-13-7-9-21-10-8-14-25(26(21)24)28(34)32(27)18-6-5-17-31(19-22-11-1-3-15-29-22)20-23-12-2-4-16-30-23/h1-4,7-16H,5-6,17-20H2. The zero-order valence-corrected chi connectivity index (χ0v) is 18.9. The van der Waals surface area contributed by atoms with Gasteiger partial charge in [-0.25, -0.2) is 0 Å². The Balaban J connectivity index is 1.24. The van der Waals surface area contributed by atoms with Crippen LogP contribution < -0.4 is 0 Å². The summed E-state index contributed by atoms with van der Waals surface area (Å²) in [5.74, 6) is -0.402. The number of carbonyl (C=O) groups is 2. The number of pyridine rings is 2. The Morgan fingerprint density at radius 2 is 1.26 bits per heavy atom. The quantitative estimate of drug-likeness (QED) is 0.273. The summed E-state index contributed by atoms with van der Waals surface area (Å²) in [6, 6.07) is 23.1. The van der Waals surface area contributed by atoms with Crippen molar-refractivity contribution in [1.82, 2.24) is 19.8 Å². The van der Waals surface area contributed by atoms with E-state index in [4.69, 9.17) is 0 Å². The average molecular weight is 451 g/mol. The summed E-state index contributed by atoms with van der Waals surface area (Å²) in [6.07, 6.45) is 5.19. The second-order valence-electron chi connectivity index (χ2n) is 8.53. The smallest absolute Gasteiger partial charge is 0.261 e. The van der Waals surface area contributed by atoms with Crippen LogP contribution >= 0.6 is 0 Å². The lowest BCUT2D eigenvalue weighted by atomic mass is 9.94. The summed E-state index contributed by atoms with van der Waals surface area (Å²) in [5.41, 5.74) is 3.23. The third-order valence-corrected chi connectivity index (χ3v) is 6.19. The average Bonchev–Trinajstić information content (AvgIpc) is 2.88. The van der Waals surface area contributed by atoms with Crippen molar-refractivity contribution in [1.29, 1.82) is 0 Å². The molecule has 2 aromatic heterocycles. The molecule has 0 bridgehead atoms. The number of aromatic nitrogens is 2. The van der Waals surface area contributed by atoms with E-state index in [9.17, 15) is 9.59 Å². The van der Waals surface area contributed by atoms with E-state index in [1.165, 1.54) is 4.90 Å². The molecule has 0 radical (unpaired) electrons. The van der Waals surface area contributed by atoms with Gasteiger partial charge >= 0.3 is 0 Å². The van der Waals surface area contributed by atoms with Crippen LogP contribution in [0.4, 0.5) is 0 Å². The molecule has 34 heavy (non-hydrogen) atoms. The first-order chi connectivity index (χ1) is 16.7. The Morgan fingerprint density at radius 3 is 1.79 bits per heavy atom. The third-order valence-electron chi connectivity index (χ3n) is 6.19. The number of rotatable bonds is 9. The Labute approximate surface area is 198 Å². The minimum absolute atomic E-state index is 0.201. The molecule has 1 aliphatic rings. The summed E-state index contributed by atoms with van der Waals surface area (Å²) in [6.45, 7) is 2.65. The number of nitrogens with zero attached hydrogens (tertiary/aromatic N) is 4. The molecule has 6 nitrogen and oxygen atoms in total. The molecule has 6 heteroatoms. The highest BCUT2D eigenvalue weighted by Crippen LogP contribution is 2.30. The molecule has 0 atom stereocenters. The molecule has 4 aromatic rings. The monoisotopic (exact) mass is 450 g/mol. The summed E-state index contributed by atoms with van der Waals surface area (Å²) in [4.78, 5) is 38.8. The zero-order valence-electron chi connectivity index (χ0n) is 18.9. The lowest BCUT2D eigenvalue weighted by Gasteiger charge is -2.27. The van der Waals surface area contributed by atoms with Crippen LogP contribution in [-0.2, 0) is 13.1 Å². The number of imide groups is 1. The molecule has 2 amide bonds. The lowest BCUT2D eigenvalue weighted by Crippen LogP contribution is -2.41. The molecule has 0 unspecified atom stereocenters. The van der Waals surface area contributed by atoms with E-state index in [0.29, 0.717) is 30.8 Å². The van der Waals surface area contributed by atoms with E-state index in [1.54, 1.807) is 12.4 Å². The Kier molecular flexibility index (Phi) is 6.40. The van der Waals surface area contributed by atoms with Gasteiger partial charge in [0, 0.05) is 48.5 Å². The molecule has 0 N–H and O–H groups in total. The number of amides is 2. The van der Waals surface area contributed by atoms with Crippen molar-refractivity contribution in [2.75, 3.05) is 13.1 Å². The van der Waals surface area contributed by atoms with Crippen molar-refractivity contribution in [2.24, 2.45) is 0 Å². The Bertz CT molecular complexity index is 1220. The van der Waals surface area contributed by atoms with Crippen LogP contribution in [0.5, 0.6) is 0 Å². The molecular formula is C28H26N4O2. The van der Waals surface area contributed by atoms with E-state index in [-0.39, 0.29) is 11.8 Å². The normalized spacial score (nSPS) is 13.1. The zero-order chi connectivity index (χ0) is 23.3. The minimum atomic E-state index is -0.201. The van der Waals surface area contributed by atoms with Crippen molar-refractivity contribution >= 4 is 22.6 Å². The minimum Gasteiger partial charge on any atom is -0.292 e. The van der Waals surface area contributed by atoms with Crippen molar-refractivity contribution in [3.05, 3.63) is 108 Å². The maximum Gasteiger partial charge on any atom is 0.261 e. The molecule has 170 valence electrons. The first kappa shape index (κ1) is 21.9. The number of hydrogen-bond acceptors (Lipinski definition) is 5. The first-order valence-corrected chi connectivity index (χ1v) is 11.6. The van der Waals surface area contributed by atoms with Crippen molar-refractivity contribution in [2.45, 2.75) is 25.9 Å². The van der Waals surface area contributed by atoms with E-state index in [0.717, 1.165) is 41.5 Å². The van der Waals surface area contributed by atoms with E-state index >= 15 is 0 Å². The van der Waals surface area contributed by atoms with Gasteiger partial charge in [0.2, 0.25) is 0 Å². The fourth-order valence-electron chi connectivity index (χ4n) is 4.54. The predicted octanol–water partition coefficient (Wildman–Crippen LogP) is 4.71. The number of carbonyl (C=O) groups excluding carboxylic acids is 2. The molecule has 2 aromatic carbocycles. The second kappa shape index (κ2) is 9.93. The van der Waals surface area contributed by atoms with Crippen molar-refractivity contribution in [3.8, 4) is 0 Å². The molecule has 0 saturated carbocycles. The molecule has 0 fully saturated rings. The highest BCUT2D eigenvalue weighted by molar-refractivity contribution is 6.25. The SMILES string of the molecule is O=C1c2cccc3cccc(c23)C(=O)N1CCCCN(Cc1ccccn1)Cc1ccccn1. The van der Waals surface area contributed by atoms with Gasteiger partial charge in [0.25, 0.3) is 11.8 Å². The molecule has 1 aliphatic heterocycles. The van der Waals surface area contributed by atoms with Crippen molar-refractivity contribution < 1.29 is 9.59 Å². The fraction of sp³-hybridized carbons (Fsp3) is 0.214. The van der Waals surface area contributed by atoms with Crippen LogP contribution in [0.2, 0.25) is 0 Å². The van der Waals surface area contributed by atoms with Gasteiger partial charge in [0.1, 0.15) is 0 Å². The highest BCUT2D eigenvalue weighted by Gasteiger charge is 2.32. The number of unbranched alkanes of at least 4 members (excludes halogenated alkanes) is 1. The topological polar surface area (TPSA) is 66.4 Å². The van der Waals surface area contributed by atoms with Crippen LogP contribution in [0.3, 0.4) is 0 Å². The van der Waals surface area contributed by atoms with E-state index in [1.807, 2.05) is 72.8 Å². The van der Waals surface area contributed by atoms with Crippen LogP contribution in [0, 0.1) is 0 Å². The van der Waals surface area contributed by atoms with Gasteiger partial charge in [-0.3, -0.25) is 29.4 Å². The van der Waals surface area contributed by atoms with Gasteiger partial charge in [-0.1, -0.05) is 36.4 Å². The van der Waals surface area contributed by atoms with Gasteiger partial charge in [0.15, 0.2) is 0 Å². The molecule has 0 saturated heterocycles. The van der Waals surface area contributed by atoms with Gasteiger partial charge in [-0.2, -0.15) is 0 Å². The van der Waals surface area contributed by atoms with Crippen molar-refractivity contribution in [3.63, 3.8) is 0 Å². The predicted molar refractivity (Wildman–Crippen MR) is 131 cm³/mol. The van der Waals surface area contributed by atoms with E-state index in [2.05, 4.69) is 14.9 Å². The first-order valence-electron chi connectivity index (χ1n) is 11.6. The van der Waals surface area contributed by atoms with E-state index < -0.39 is 0 Å². The molecule has 5 rings (SSSR count). The third kappa shape index (κ3) is 4.58. The Hall–Kier alpha value is -3.90. The number of benzene rings is 2. The van der Waals surface area contributed by atoms with Crippen LogP contribution in [0.15, 0.2) is 85.2 Å². The van der Waals surface area contributed by atoms with Crippen LogP contribution in [-0.4, -0.2) is 44.7 Å².